The number of nitrogens with zero attached hydrogens (tertiary/aromatic N) is 2. The Morgan fingerprint density at radius 2 is 1.73 bits per heavy atom. The number of hydrogen-bond donors (Lipinski definition) is 1. The number of carbonyl (C=O) groups excluding carboxylic acids is 2. The quantitative estimate of drug-likeness (QED) is 0.329. The molecule has 2 amide bonds. The van der Waals surface area contributed by atoms with E-state index in [2.05, 4.69) is 21.2 Å². The molecule has 0 aromatic heterocycles. The standard InChI is InChI=1S/C29H31BrFN3O6S/c1-3-13-32-29(36)20(2)33(18-21-5-4-6-22(30)16-21)28(35)19-34(24-9-7-23(31)8-10-24)41(37,38)25-11-12-26-27(17-25)40-15-14-39-26/h4-12,16-17,20H,3,13-15,18-19H2,1-2H3,(H,32,36). The molecule has 1 unspecified atom stereocenters. The smallest absolute Gasteiger partial charge is 0.264 e. The van der Waals surface area contributed by atoms with E-state index in [1.54, 1.807) is 13.0 Å². The van der Waals surface area contributed by atoms with Gasteiger partial charge in [0.2, 0.25) is 11.8 Å². The first-order chi connectivity index (χ1) is 19.6. The van der Waals surface area contributed by atoms with Gasteiger partial charge in [0.15, 0.2) is 11.5 Å². The van der Waals surface area contributed by atoms with Crippen molar-refractivity contribution in [2.24, 2.45) is 0 Å². The summed E-state index contributed by atoms with van der Waals surface area (Å²) < 4.78 is 54.6. The number of ether oxygens (including phenoxy) is 2. The summed E-state index contributed by atoms with van der Waals surface area (Å²) in [4.78, 5) is 28.1. The third-order valence-corrected chi connectivity index (χ3v) is 8.72. The lowest BCUT2D eigenvalue weighted by atomic mass is 10.1. The Bertz CT molecular complexity index is 1500. The summed E-state index contributed by atoms with van der Waals surface area (Å²) >= 11 is 3.42. The van der Waals surface area contributed by atoms with E-state index in [1.165, 1.54) is 35.2 Å². The van der Waals surface area contributed by atoms with Crippen molar-refractivity contribution in [3.63, 3.8) is 0 Å². The lowest BCUT2D eigenvalue weighted by Crippen LogP contribution is -2.51. The summed E-state index contributed by atoms with van der Waals surface area (Å²) in [5.41, 5.74) is 0.825. The first kappa shape index (κ1) is 30.3. The van der Waals surface area contributed by atoms with Crippen LogP contribution in [0.25, 0.3) is 0 Å². The molecule has 0 radical (unpaired) electrons. The van der Waals surface area contributed by atoms with Gasteiger partial charge in [-0.05, 0) is 67.4 Å². The van der Waals surface area contributed by atoms with E-state index in [0.29, 0.717) is 25.3 Å². The number of amides is 2. The van der Waals surface area contributed by atoms with E-state index in [1.807, 2.05) is 25.1 Å². The van der Waals surface area contributed by atoms with Crippen molar-refractivity contribution in [2.45, 2.75) is 37.8 Å². The molecule has 218 valence electrons. The third kappa shape index (κ3) is 7.36. The summed E-state index contributed by atoms with van der Waals surface area (Å²) in [6.07, 6.45) is 0.712. The van der Waals surface area contributed by atoms with Crippen LogP contribution < -0.4 is 19.1 Å². The van der Waals surface area contributed by atoms with Crippen molar-refractivity contribution in [3.8, 4) is 11.5 Å². The molecule has 1 atom stereocenters. The molecule has 0 bridgehead atoms. The lowest BCUT2D eigenvalue weighted by Gasteiger charge is -2.32. The van der Waals surface area contributed by atoms with E-state index in [0.717, 1.165) is 26.5 Å². The monoisotopic (exact) mass is 647 g/mol. The van der Waals surface area contributed by atoms with Crippen molar-refractivity contribution in [1.29, 1.82) is 0 Å². The first-order valence-electron chi connectivity index (χ1n) is 13.1. The SMILES string of the molecule is CCCNC(=O)C(C)N(Cc1cccc(Br)c1)C(=O)CN(c1ccc(F)cc1)S(=O)(=O)c1ccc2c(c1)OCCO2. The fraction of sp³-hybridized carbons (Fsp3) is 0.310. The van der Waals surface area contributed by atoms with Crippen molar-refractivity contribution >= 4 is 43.5 Å². The van der Waals surface area contributed by atoms with Crippen molar-refractivity contribution in [2.75, 3.05) is 30.6 Å². The molecular formula is C29H31BrFN3O6S. The highest BCUT2D eigenvalue weighted by Crippen LogP contribution is 2.34. The molecule has 1 aliphatic rings. The van der Waals surface area contributed by atoms with Crippen LogP contribution in [0, 0.1) is 5.82 Å². The van der Waals surface area contributed by atoms with Gasteiger partial charge in [-0.3, -0.25) is 13.9 Å². The molecule has 12 heteroatoms. The summed E-state index contributed by atoms with van der Waals surface area (Å²) in [5.74, 6) is -0.867. The normalized spacial score (nSPS) is 13.3. The number of sulfonamides is 1. The molecule has 0 saturated heterocycles. The van der Waals surface area contributed by atoms with E-state index < -0.39 is 34.3 Å². The zero-order valence-electron chi connectivity index (χ0n) is 22.7. The summed E-state index contributed by atoms with van der Waals surface area (Å²) in [5, 5.41) is 2.80. The Morgan fingerprint density at radius 3 is 2.41 bits per heavy atom. The van der Waals surface area contributed by atoms with Crippen LogP contribution in [-0.2, 0) is 26.2 Å². The largest absolute Gasteiger partial charge is 0.486 e. The molecule has 4 rings (SSSR count). The van der Waals surface area contributed by atoms with E-state index in [9.17, 15) is 22.4 Å². The topological polar surface area (TPSA) is 105 Å². The number of anilines is 1. The molecular weight excluding hydrogens is 617 g/mol. The third-order valence-electron chi connectivity index (χ3n) is 6.45. The maximum absolute atomic E-state index is 14.0. The second-order valence-corrected chi connectivity index (χ2v) is 12.2. The Labute approximate surface area is 247 Å². The number of nitrogens with one attached hydrogen (secondary N) is 1. The molecule has 0 aliphatic carbocycles. The molecule has 0 saturated carbocycles. The van der Waals surface area contributed by atoms with Crippen LogP contribution >= 0.6 is 15.9 Å². The van der Waals surface area contributed by atoms with Crippen LogP contribution in [0.2, 0.25) is 0 Å². The van der Waals surface area contributed by atoms with Gasteiger partial charge in [0.25, 0.3) is 10.0 Å². The highest BCUT2D eigenvalue weighted by Gasteiger charge is 2.33. The predicted octanol–water partition coefficient (Wildman–Crippen LogP) is 4.50. The molecule has 0 fully saturated rings. The Hall–Kier alpha value is -3.64. The molecule has 1 aliphatic heterocycles. The average Bonchev–Trinajstić information content (AvgIpc) is 2.97. The average molecular weight is 649 g/mol. The fourth-order valence-electron chi connectivity index (χ4n) is 4.26. The van der Waals surface area contributed by atoms with Crippen LogP contribution in [-0.4, -0.2) is 57.5 Å². The maximum Gasteiger partial charge on any atom is 0.264 e. The number of benzene rings is 3. The van der Waals surface area contributed by atoms with E-state index in [-0.39, 0.29) is 35.4 Å². The number of hydrogen-bond acceptors (Lipinski definition) is 6. The Morgan fingerprint density at radius 1 is 1.02 bits per heavy atom. The minimum absolute atomic E-state index is 0.0559. The van der Waals surface area contributed by atoms with Gasteiger partial charge in [0.1, 0.15) is 31.6 Å². The molecule has 3 aromatic rings. The lowest BCUT2D eigenvalue weighted by molar-refractivity contribution is -0.139. The maximum atomic E-state index is 14.0. The van der Waals surface area contributed by atoms with Crippen molar-refractivity contribution in [1.82, 2.24) is 10.2 Å². The molecule has 0 spiro atoms. The summed E-state index contributed by atoms with van der Waals surface area (Å²) in [7, 11) is -4.35. The van der Waals surface area contributed by atoms with Crippen molar-refractivity contribution in [3.05, 3.63) is 82.6 Å². The van der Waals surface area contributed by atoms with Gasteiger partial charge in [-0.2, -0.15) is 0 Å². The van der Waals surface area contributed by atoms with Gasteiger partial charge >= 0.3 is 0 Å². The van der Waals surface area contributed by atoms with Gasteiger partial charge in [-0.15, -0.1) is 0 Å². The van der Waals surface area contributed by atoms with Gasteiger partial charge in [-0.1, -0.05) is 35.0 Å². The minimum Gasteiger partial charge on any atom is -0.486 e. The number of carbonyl (C=O) groups is 2. The molecule has 3 aromatic carbocycles. The molecule has 9 nitrogen and oxygen atoms in total. The second kappa shape index (κ2) is 13.3. The first-order valence-corrected chi connectivity index (χ1v) is 15.3. The molecule has 1 heterocycles. The van der Waals surface area contributed by atoms with Crippen LogP contribution in [0.15, 0.2) is 76.1 Å². The van der Waals surface area contributed by atoms with Gasteiger partial charge in [0, 0.05) is 23.6 Å². The predicted molar refractivity (Wildman–Crippen MR) is 156 cm³/mol. The van der Waals surface area contributed by atoms with Crippen molar-refractivity contribution < 1.29 is 31.9 Å². The number of halogens is 2. The Kier molecular flexibility index (Phi) is 9.87. The molecule has 41 heavy (non-hydrogen) atoms. The molecule has 1 N–H and O–H groups in total. The fourth-order valence-corrected chi connectivity index (χ4v) is 6.13. The van der Waals surface area contributed by atoms with Crippen LogP contribution in [0.5, 0.6) is 11.5 Å². The van der Waals surface area contributed by atoms with Gasteiger partial charge < -0.3 is 19.7 Å². The van der Waals surface area contributed by atoms with Crippen LogP contribution in [0.4, 0.5) is 10.1 Å². The highest BCUT2D eigenvalue weighted by atomic mass is 79.9. The number of rotatable bonds is 11. The second-order valence-electron chi connectivity index (χ2n) is 9.41. The summed E-state index contributed by atoms with van der Waals surface area (Å²) in [6.45, 7) is 3.97. The van der Waals surface area contributed by atoms with Crippen LogP contribution in [0.1, 0.15) is 25.8 Å². The number of fused-ring (bicyclic) bond motifs is 1. The minimum atomic E-state index is -4.35. The van der Waals surface area contributed by atoms with E-state index >= 15 is 0 Å². The zero-order valence-corrected chi connectivity index (χ0v) is 25.1. The van der Waals surface area contributed by atoms with Gasteiger partial charge in [-0.25, -0.2) is 12.8 Å². The zero-order chi connectivity index (χ0) is 29.6. The van der Waals surface area contributed by atoms with Crippen LogP contribution in [0.3, 0.4) is 0 Å². The summed E-state index contributed by atoms with van der Waals surface area (Å²) in [6, 6.07) is 15.4. The van der Waals surface area contributed by atoms with E-state index in [4.69, 9.17) is 9.47 Å². The Balaban J connectivity index is 1.71. The van der Waals surface area contributed by atoms with Gasteiger partial charge in [0.05, 0.1) is 10.6 Å². The highest BCUT2D eigenvalue weighted by molar-refractivity contribution is 9.10.